The highest BCUT2D eigenvalue weighted by atomic mass is 19.1. The number of benzene rings is 2. The average molecular weight is 388 g/mol. The summed E-state index contributed by atoms with van der Waals surface area (Å²) < 4.78 is 23.6. The first-order valence-corrected chi connectivity index (χ1v) is 9.00. The lowest BCUT2D eigenvalue weighted by molar-refractivity contribution is -0.126. The molecule has 0 aliphatic heterocycles. The number of halogens is 1. The fourth-order valence-electron chi connectivity index (χ4n) is 2.69. The van der Waals surface area contributed by atoms with Gasteiger partial charge in [0.2, 0.25) is 11.8 Å². The summed E-state index contributed by atoms with van der Waals surface area (Å²) in [6.07, 6.45) is 1.18. The minimum atomic E-state index is -0.329. The van der Waals surface area contributed by atoms with E-state index < -0.39 is 0 Å². The Hall–Kier alpha value is -3.09. The number of hydrogen-bond acceptors (Lipinski definition) is 4. The Morgan fingerprint density at radius 1 is 0.964 bits per heavy atom. The van der Waals surface area contributed by atoms with Gasteiger partial charge in [0.05, 0.1) is 20.8 Å². The standard InChI is InChI=1S/C21H25FN2O4/c1-27-18-7-8-19(28-2)16(13-18)10-11-23-21(26)14-24-20(25)9-6-15-4-3-5-17(22)12-15/h3-5,7-8,12-13H,6,9-11,14H2,1-2H3,(H,23,26)(H,24,25). The van der Waals surface area contributed by atoms with Crippen LogP contribution in [0.25, 0.3) is 0 Å². The van der Waals surface area contributed by atoms with Gasteiger partial charge in [-0.3, -0.25) is 9.59 Å². The Bertz CT molecular complexity index is 811. The van der Waals surface area contributed by atoms with Crippen molar-refractivity contribution >= 4 is 11.8 Å². The molecule has 2 rings (SSSR count). The van der Waals surface area contributed by atoms with Crippen LogP contribution in [0.15, 0.2) is 42.5 Å². The molecule has 0 saturated heterocycles. The summed E-state index contributed by atoms with van der Waals surface area (Å²) in [5, 5.41) is 5.32. The Kier molecular flexibility index (Phi) is 8.27. The zero-order valence-corrected chi connectivity index (χ0v) is 16.1. The molecule has 7 heteroatoms. The van der Waals surface area contributed by atoms with E-state index in [1.54, 1.807) is 32.4 Å². The van der Waals surface area contributed by atoms with Crippen molar-refractivity contribution in [1.29, 1.82) is 0 Å². The maximum Gasteiger partial charge on any atom is 0.239 e. The van der Waals surface area contributed by atoms with Gasteiger partial charge in [0.15, 0.2) is 0 Å². The van der Waals surface area contributed by atoms with Crippen molar-refractivity contribution in [2.24, 2.45) is 0 Å². The highest BCUT2D eigenvalue weighted by molar-refractivity contribution is 5.84. The van der Waals surface area contributed by atoms with Crippen LogP contribution in [-0.2, 0) is 22.4 Å². The lowest BCUT2D eigenvalue weighted by Gasteiger charge is -2.11. The average Bonchev–Trinajstić information content (AvgIpc) is 2.70. The van der Waals surface area contributed by atoms with Crippen molar-refractivity contribution in [1.82, 2.24) is 10.6 Å². The number of rotatable bonds is 10. The third-order valence-corrected chi connectivity index (χ3v) is 4.18. The molecule has 0 aliphatic carbocycles. The number of nitrogens with one attached hydrogen (secondary N) is 2. The molecule has 0 bridgehead atoms. The summed E-state index contributed by atoms with van der Waals surface area (Å²) in [6.45, 7) is 0.304. The first kappa shape index (κ1) is 21.2. The topological polar surface area (TPSA) is 76.7 Å². The fourth-order valence-corrected chi connectivity index (χ4v) is 2.69. The zero-order valence-electron chi connectivity index (χ0n) is 16.1. The maximum absolute atomic E-state index is 13.1. The monoisotopic (exact) mass is 388 g/mol. The molecule has 2 amide bonds. The predicted octanol–water partition coefficient (Wildman–Crippen LogP) is 2.25. The van der Waals surface area contributed by atoms with E-state index in [2.05, 4.69) is 10.6 Å². The van der Waals surface area contributed by atoms with Crippen molar-refractivity contribution in [2.45, 2.75) is 19.3 Å². The molecule has 6 nitrogen and oxygen atoms in total. The van der Waals surface area contributed by atoms with E-state index in [-0.39, 0.29) is 30.6 Å². The minimum Gasteiger partial charge on any atom is -0.497 e. The van der Waals surface area contributed by atoms with Crippen LogP contribution in [0.2, 0.25) is 0 Å². The number of amides is 2. The molecule has 0 aromatic heterocycles. The molecule has 2 aromatic rings. The lowest BCUT2D eigenvalue weighted by atomic mass is 10.1. The summed E-state index contributed by atoms with van der Waals surface area (Å²) in [6, 6.07) is 11.6. The molecule has 2 aromatic carbocycles. The number of aryl methyl sites for hydroxylation is 1. The summed E-state index contributed by atoms with van der Waals surface area (Å²) in [5.41, 5.74) is 1.66. The fraction of sp³-hybridized carbons (Fsp3) is 0.333. The third-order valence-electron chi connectivity index (χ3n) is 4.18. The van der Waals surface area contributed by atoms with Crippen LogP contribution in [0.4, 0.5) is 4.39 Å². The van der Waals surface area contributed by atoms with Crippen molar-refractivity contribution in [3.05, 3.63) is 59.4 Å². The Balaban J connectivity index is 1.69. The van der Waals surface area contributed by atoms with Crippen molar-refractivity contribution in [3.63, 3.8) is 0 Å². The highest BCUT2D eigenvalue weighted by Crippen LogP contribution is 2.24. The second-order valence-corrected chi connectivity index (χ2v) is 6.18. The van der Waals surface area contributed by atoms with Gasteiger partial charge in [-0.2, -0.15) is 0 Å². The van der Waals surface area contributed by atoms with Gasteiger partial charge in [-0.25, -0.2) is 4.39 Å². The normalized spacial score (nSPS) is 10.2. The molecule has 2 N–H and O–H groups in total. The Labute approximate surface area is 164 Å². The molecule has 0 radical (unpaired) electrons. The van der Waals surface area contributed by atoms with Crippen molar-refractivity contribution in [2.75, 3.05) is 27.3 Å². The molecular weight excluding hydrogens is 363 g/mol. The molecule has 0 atom stereocenters. The van der Waals surface area contributed by atoms with E-state index in [9.17, 15) is 14.0 Å². The summed E-state index contributed by atoms with van der Waals surface area (Å²) in [4.78, 5) is 23.7. The predicted molar refractivity (Wildman–Crippen MR) is 104 cm³/mol. The van der Waals surface area contributed by atoms with Gasteiger partial charge in [0, 0.05) is 13.0 Å². The summed E-state index contributed by atoms with van der Waals surface area (Å²) >= 11 is 0. The minimum absolute atomic E-state index is 0.1000. The van der Waals surface area contributed by atoms with Crippen LogP contribution < -0.4 is 20.1 Å². The number of methoxy groups -OCH3 is 2. The molecule has 0 spiro atoms. The van der Waals surface area contributed by atoms with Gasteiger partial charge in [0.25, 0.3) is 0 Å². The van der Waals surface area contributed by atoms with Crippen molar-refractivity contribution in [3.8, 4) is 11.5 Å². The molecule has 0 heterocycles. The van der Waals surface area contributed by atoms with Crippen LogP contribution in [0, 0.1) is 5.82 Å². The quantitative estimate of drug-likeness (QED) is 0.655. The van der Waals surface area contributed by atoms with Gasteiger partial charge in [-0.15, -0.1) is 0 Å². The Morgan fingerprint density at radius 2 is 1.79 bits per heavy atom. The smallest absolute Gasteiger partial charge is 0.239 e. The molecule has 0 saturated carbocycles. The van der Waals surface area contributed by atoms with Crippen molar-refractivity contribution < 1.29 is 23.5 Å². The van der Waals surface area contributed by atoms with Gasteiger partial charge in [0.1, 0.15) is 17.3 Å². The van der Waals surface area contributed by atoms with Crippen LogP contribution in [-0.4, -0.2) is 39.1 Å². The van der Waals surface area contributed by atoms with E-state index in [1.165, 1.54) is 12.1 Å². The SMILES string of the molecule is COc1ccc(OC)c(CCNC(=O)CNC(=O)CCc2cccc(F)c2)c1. The van der Waals surface area contributed by atoms with E-state index >= 15 is 0 Å². The van der Waals surface area contributed by atoms with Gasteiger partial charge in [-0.1, -0.05) is 12.1 Å². The van der Waals surface area contributed by atoms with Gasteiger partial charge in [-0.05, 0) is 54.3 Å². The molecule has 0 aliphatic rings. The first-order valence-electron chi connectivity index (χ1n) is 9.00. The van der Waals surface area contributed by atoms with Crippen LogP contribution in [0.1, 0.15) is 17.5 Å². The first-order chi connectivity index (χ1) is 13.5. The second kappa shape index (κ2) is 10.9. The van der Waals surface area contributed by atoms with Gasteiger partial charge < -0.3 is 20.1 Å². The number of hydrogen-bond donors (Lipinski definition) is 2. The van der Waals surface area contributed by atoms with E-state index in [1.807, 2.05) is 12.1 Å². The van der Waals surface area contributed by atoms with Crippen LogP contribution in [0.5, 0.6) is 11.5 Å². The van der Waals surface area contributed by atoms with E-state index in [0.717, 1.165) is 16.9 Å². The van der Waals surface area contributed by atoms with Gasteiger partial charge >= 0.3 is 0 Å². The van der Waals surface area contributed by atoms with Crippen LogP contribution >= 0.6 is 0 Å². The number of carbonyl (C=O) groups excluding carboxylic acids is 2. The van der Waals surface area contributed by atoms with Crippen LogP contribution in [0.3, 0.4) is 0 Å². The maximum atomic E-state index is 13.1. The molecule has 0 unspecified atom stereocenters. The molecule has 28 heavy (non-hydrogen) atoms. The van der Waals surface area contributed by atoms with E-state index in [0.29, 0.717) is 25.1 Å². The van der Waals surface area contributed by atoms with E-state index in [4.69, 9.17) is 9.47 Å². The number of carbonyl (C=O) groups is 2. The Morgan fingerprint density at radius 3 is 2.50 bits per heavy atom. The molecule has 0 fully saturated rings. The lowest BCUT2D eigenvalue weighted by Crippen LogP contribution is -2.37. The summed E-state index contributed by atoms with van der Waals surface area (Å²) in [5.74, 6) is 0.577. The third kappa shape index (κ3) is 6.90. The number of ether oxygens (including phenoxy) is 2. The molecular formula is C21H25FN2O4. The second-order valence-electron chi connectivity index (χ2n) is 6.18. The highest BCUT2D eigenvalue weighted by Gasteiger charge is 2.08. The largest absolute Gasteiger partial charge is 0.497 e. The summed E-state index contributed by atoms with van der Waals surface area (Å²) in [7, 11) is 3.17. The zero-order chi connectivity index (χ0) is 20.4. The molecule has 150 valence electrons.